The molecule has 5 aromatic rings. The highest BCUT2D eigenvalue weighted by Crippen LogP contribution is 2.36. The van der Waals surface area contributed by atoms with Gasteiger partial charge in [-0.2, -0.15) is 5.10 Å². The zero-order chi connectivity index (χ0) is 17.8. The monoisotopic (exact) mass is 362 g/mol. The number of aryl methyl sites for hydroxylation is 2. The fourth-order valence-corrected chi connectivity index (χ4v) is 4.39. The van der Waals surface area contributed by atoms with Gasteiger partial charge in [-0.3, -0.25) is 10.1 Å². The van der Waals surface area contributed by atoms with Crippen molar-refractivity contribution in [2.24, 2.45) is 0 Å². The summed E-state index contributed by atoms with van der Waals surface area (Å²) < 4.78 is 14.9. The molecule has 0 saturated carbocycles. The Morgan fingerprint density at radius 3 is 2.81 bits per heavy atom. The summed E-state index contributed by atoms with van der Waals surface area (Å²) in [6.45, 7) is 4.29. The topological polar surface area (TPSA) is 53.6 Å². The largest absolute Gasteiger partial charge is 0.338 e. The van der Waals surface area contributed by atoms with Crippen LogP contribution in [0.25, 0.3) is 31.9 Å². The Labute approximate surface area is 152 Å². The number of hydrogen-bond acceptors (Lipinski definition) is 4. The number of aromatic nitrogens is 3. The molecule has 3 heterocycles. The molecule has 0 atom stereocenters. The van der Waals surface area contributed by atoms with Crippen LogP contribution in [-0.2, 0) is 0 Å². The number of H-pyrrole nitrogens is 1. The Morgan fingerprint density at radius 1 is 1.04 bits per heavy atom. The molecule has 0 spiro atoms. The lowest BCUT2D eigenvalue weighted by molar-refractivity contribution is 0.630. The number of benzene rings is 2. The standard InChI is InChI=1S/C20H15FN4S/c1-10-11(2)26-19-9-14-16(5-6-22-18(14)8-13(10)19)23-20-15-7-12(21)3-4-17(15)24-25-20/h3-9H,1-2H3,(H2,22,23,24,25). The van der Waals surface area contributed by atoms with E-state index < -0.39 is 0 Å². The lowest BCUT2D eigenvalue weighted by atomic mass is 10.1. The first kappa shape index (κ1) is 15.3. The second-order valence-electron chi connectivity index (χ2n) is 6.39. The van der Waals surface area contributed by atoms with E-state index in [0.717, 1.165) is 27.5 Å². The number of fused-ring (bicyclic) bond motifs is 3. The van der Waals surface area contributed by atoms with Crippen LogP contribution in [0.15, 0.2) is 42.6 Å². The van der Waals surface area contributed by atoms with E-state index in [0.29, 0.717) is 5.82 Å². The van der Waals surface area contributed by atoms with Crippen molar-refractivity contribution in [3.05, 3.63) is 58.9 Å². The predicted molar refractivity (Wildman–Crippen MR) is 106 cm³/mol. The van der Waals surface area contributed by atoms with Crippen molar-refractivity contribution < 1.29 is 4.39 Å². The van der Waals surface area contributed by atoms with Gasteiger partial charge in [-0.15, -0.1) is 11.3 Å². The first-order chi connectivity index (χ1) is 12.6. The minimum atomic E-state index is -0.284. The normalized spacial score (nSPS) is 11.7. The molecule has 0 saturated heterocycles. The second-order valence-corrected chi connectivity index (χ2v) is 7.65. The number of rotatable bonds is 2. The summed E-state index contributed by atoms with van der Waals surface area (Å²) >= 11 is 1.79. The quantitative estimate of drug-likeness (QED) is 0.416. The van der Waals surface area contributed by atoms with Crippen LogP contribution >= 0.6 is 11.3 Å². The molecular formula is C20H15FN4S. The van der Waals surface area contributed by atoms with Gasteiger partial charge in [0.2, 0.25) is 0 Å². The third-order valence-corrected chi connectivity index (χ3v) is 5.99. The van der Waals surface area contributed by atoms with Crippen molar-refractivity contribution in [2.75, 3.05) is 5.32 Å². The van der Waals surface area contributed by atoms with Crippen molar-refractivity contribution in [1.29, 1.82) is 0 Å². The van der Waals surface area contributed by atoms with Gasteiger partial charge in [0.05, 0.1) is 16.7 Å². The molecule has 0 aliphatic rings. The van der Waals surface area contributed by atoms with Crippen molar-refractivity contribution >= 4 is 54.7 Å². The van der Waals surface area contributed by atoms with Crippen molar-refractivity contribution in [1.82, 2.24) is 15.2 Å². The van der Waals surface area contributed by atoms with Gasteiger partial charge in [-0.05, 0) is 61.2 Å². The predicted octanol–water partition coefficient (Wildman–Crippen LogP) is 5.83. The maximum absolute atomic E-state index is 13.6. The maximum atomic E-state index is 13.6. The van der Waals surface area contributed by atoms with Gasteiger partial charge < -0.3 is 5.32 Å². The third-order valence-electron chi connectivity index (χ3n) is 4.82. The first-order valence-electron chi connectivity index (χ1n) is 8.29. The van der Waals surface area contributed by atoms with Crippen LogP contribution < -0.4 is 5.32 Å². The highest BCUT2D eigenvalue weighted by Gasteiger charge is 2.12. The van der Waals surface area contributed by atoms with E-state index >= 15 is 0 Å². The summed E-state index contributed by atoms with van der Waals surface area (Å²) in [5, 5.41) is 13.6. The highest BCUT2D eigenvalue weighted by atomic mass is 32.1. The Hall–Kier alpha value is -2.99. The number of nitrogens with zero attached hydrogens (tertiary/aromatic N) is 2. The molecule has 0 bridgehead atoms. The number of hydrogen-bond donors (Lipinski definition) is 2. The molecule has 0 aliphatic carbocycles. The summed E-state index contributed by atoms with van der Waals surface area (Å²) in [7, 11) is 0. The zero-order valence-corrected chi connectivity index (χ0v) is 15.0. The molecule has 2 N–H and O–H groups in total. The Bertz CT molecular complexity index is 1300. The molecule has 26 heavy (non-hydrogen) atoms. The molecule has 0 radical (unpaired) electrons. The highest BCUT2D eigenvalue weighted by molar-refractivity contribution is 7.19. The Morgan fingerprint density at radius 2 is 1.92 bits per heavy atom. The summed E-state index contributed by atoms with van der Waals surface area (Å²) in [5.74, 6) is 0.318. The molecular weight excluding hydrogens is 347 g/mol. The van der Waals surface area contributed by atoms with E-state index in [1.54, 1.807) is 23.6 Å². The minimum absolute atomic E-state index is 0.284. The smallest absolute Gasteiger partial charge is 0.160 e. The number of anilines is 2. The number of nitrogens with one attached hydrogen (secondary N) is 2. The fourth-order valence-electron chi connectivity index (χ4n) is 3.30. The van der Waals surface area contributed by atoms with Gasteiger partial charge in [0.1, 0.15) is 5.82 Å². The SMILES string of the molecule is Cc1sc2cc3c(Nc4n[nH]c5ccc(F)cc45)ccnc3cc2c1C. The molecule has 5 rings (SSSR count). The van der Waals surface area contributed by atoms with Gasteiger partial charge in [-0.25, -0.2) is 4.39 Å². The van der Waals surface area contributed by atoms with E-state index in [2.05, 4.69) is 46.5 Å². The van der Waals surface area contributed by atoms with Crippen molar-refractivity contribution in [3.8, 4) is 0 Å². The van der Waals surface area contributed by atoms with E-state index in [4.69, 9.17) is 0 Å². The number of halogens is 1. The number of pyridine rings is 1. The molecule has 0 aliphatic heterocycles. The van der Waals surface area contributed by atoms with Crippen LogP contribution in [-0.4, -0.2) is 15.2 Å². The number of aromatic amines is 1. The molecule has 0 fully saturated rings. The van der Waals surface area contributed by atoms with Crippen molar-refractivity contribution in [2.45, 2.75) is 13.8 Å². The van der Waals surface area contributed by atoms with Crippen LogP contribution in [0, 0.1) is 19.7 Å². The summed E-state index contributed by atoms with van der Waals surface area (Å²) in [5.41, 5.74) is 3.92. The van der Waals surface area contributed by atoms with Crippen LogP contribution in [0.3, 0.4) is 0 Å². The van der Waals surface area contributed by atoms with E-state index in [1.165, 1.54) is 32.7 Å². The first-order valence-corrected chi connectivity index (χ1v) is 9.11. The lowest BCUT2D eigenvalue weighted by Gasteiger charge is -2.08. The van der Waals surface area contributed by atoms with Gasteiger partial charge in [-0.1, -0.05) is 0 Å². The number of thiophene rings is 1. The average molecular weight is 362 g/mol. The molecule has 3 aromatic heterocycles. The van der Waals surface area contributed by atoms with Crippen LogP contribution in [0.2, 0.25) is 0 Å². The lowest BCUT2D eigenvalue weighted by Crippen LogP contribution is -1.93. The second kappa shape index (κ2) is 5.51. The summed E-state index contributed by atoms with van der Waals surface area (Å²) in [4.78, 5) is 5.84. The van der Waals surface area contributed by atoms with Gasteiger partial charge >= 0.3 is 0 Å². The van der Waals surface area contributed by atoms with Gasteiger partial charge in [0.25, 0.3) is 0 Å². The van der Waals surface area contributed by atoms with Gasteiger partial charge in [0.15, 0.2) is 5.82 Å². The molecule has 4 nitrogen and oxygen atoms in total. The Balaban J connectivity index is 1.69. The van der Waals surface area contributed by atoms with Crippen LogP contribution in [0.4, 0.5) is 15.9 Å². The minimum Gasteiger partial charge on any atom is -0.338 e. The molecule has 2 aromatic carbocycles. The van der Waals surface area contributed by atoms with Crippen molar-refractivity contribution in [3.63, 3.8) is 0 Å². The summed E-state index contributed by atoms with van der Waals surface area (Å²) in [6.07, 6.45) is 1.78. The summed E-state index contributed by atoms with van der Waals surface area (Å²) in [6, 6.07) is 10.8. The molecule has 128 valence electrons. The van der Waals surface area contributed by atoms with E-state index in [1.807, 2.05) is 6.07 Å². The maximum Gasteiger partial charge on any atom is 0.160 e. The van der Waals surface area contributed by atoms with E-state index in [9.17, 15) is 4.39 Å². The molecule has 0 amide bonds. The Kier molecular flexibility index (Phi) is 3.24. The third kappa shape index (κ3) is 2.26. The molecule has 0 unspecified atom stereocenters. The van der Waals surface area contributed by atoms with Crippen LogP contribution in [0.1, 0.15) is 10.4 Å². The average Bonchev–Trinajstić information content (AvgIpc) is 3.15. The zero-order valence-electron chi connectivity index (χ0n) is 14.2. The van der Waals surface area contributed by atoms with Crippen LogP contribution in [0.5, 0.6) is 0 Å². The van der Waals surface area contributed by atoms with E-state index in [-0.39, 0.29) is 5.82 Å². The molecule has 6 heteroatoms. The van der Waals surface area contributed by atoms with Gasteiger partial charge in [0, 0.05) is 26.5 Å². The fraction of sp³-hybridized carbons (Fsp3) is 0.100.